The van der Waals surface area contributed by atoms with Gasteiger partial charge in [-0.3, -0.25) is 4.72 Å². The standard InChI is InChI=1S/C15H17ClN2O2S/c1-11-6-7-12(8-15(11)16)10-17-13-4-3-5-14(9-13)18-21(2,19)20/h3-9,17-18H,10H2,1-2H3. The molecule has 0 saturated heterocycles. The summed E-state index contributed by atoms with van der Waals surface area (Å²) in [6, 6.07) is 13.0. The van der Waals surface area contributed by atoms with Crippen LogP contribution in [0, 0.1) is 6.92 Å². The van der Waals surface area contributed by atoms with E-state index >= 15 is 0 Å². The molecule has 2 aromatic carbocycles. The number of anilines is 2. The van der Waals surface area contributed by atoms with Crippen LogP contribution in [-0.2, 0) is 16.6 Å². The number of aryl methyl sites for hydroxylation is 1. The van der Waals surface area contributed by atoms with Gasteiger partial charge in [0, 0.05) is 17.3 Å². The van der Waals surface area contributed by atoms with Crippen molar-refractivity contribution in [3.05, 3.63) is 58.6 Å². The molecule has 2 rings (SSSR count). The van der Waals surface area contributed by atoms with Gasteiger partial charge in [-0.15, -0.1) is 0 Å². The highest BCUT2D eigenvalue weighted by atomic mass is 35.5. The largest absolute Gasteiger partial charge is 0.381 e. The molecule has 0 aliphatic rings. The SMILES string of the molecule is Cc1ccc(CNc2cccc(NS(C)(=O)=O)c2)cc1Cl. The summed E-state index contributed by atoms with van der Waals surface area (Å²) in [5.41, 5.74) is 3.47. The lowest BCUT2D eigenvalue weighted by atomic mass is 10.1. The van der Waals surface area contributed by atoms with E-state index in [4.69, 9.17) is 11.6 Å². The van der Waals surface area contributed by atoms with Crippen LogP contribution in [0.4, 0.5) is 11.4 Å². The van der Waals surface area contributed by atoms with Crippen LogP contribution in [0.3, 0.4) is 0 Å². The lowest BCUT2D eigenvalue weighted by Gasteiger charge is -2.10. The summed E-state index contributed by atoms with van der Waals surface area (Å²) in [6.07, 6.45) is 1.13. The predicted octanol–water partition coefficient (Wildman–Crippen LogP) is 3.63. The lowest BCUT2D eigenvalue weighted by Crippen LogP contribution is -2.09. The predicted molar refractivity (Wildman–Crippen MR) is 88.4 cm³/mol. The number of nitrogens with one attached hydrogen (secondary N) is 2. The summed E-state index contributed by atoms with van der Waals surface area (Å²) in [4.78, 5) is 0. The Hall–Kier alpha value is -1.72. The Bertz CT molecular complexity index is 745. The van der Waals surface area contributed by atoms with E-state index in [1.165, 1.54) is 0 Å². The molecule has 0 saturated carbocycles. The fourth-order valence-electron chi connectivity index (χ4n) is 1.86. The minimum Gasteiger partial charge on any atom is -0.381 e. The Kier molecular flexibility index (Phi) is 4.75. The molecule has 0 radical (unpaired) electrons. The summed E-state index contributed by atoms with van der Waals surface area (Å²) in [5.74, 6) is 0. The first kappa shape index (κ1) is 15.7. The van der Waals surface area contributed by atoms with Gasteiger partial charge in [0.25, 0.3) is 0 Å². The maximum atomic E-state index is 11.2. The van der Waals surface area contributed by atoms with E-state index in [0.717, 1.165) is 28.1 Å². The molecule has 6 heteroatoms. The van der Waals surface area contributed by atoms with Gasteiger partial charge in [0.2, 0.25) is 10.0 Å². The Morgan fingerprint density at radius 1 is 1.10 bits per heavy atom. The highest BCUT2D eigenvalue weighted by Gasteiger charge is 2.03. The maximum Gasteiger partial charge on any atom is 0.229 e. The normalized spacial score (nSPS) is 11.2. The molecule has 0 unspecified atom stereocenters. The molecule has 0 aliphatic carbocycles. The molecule has 0 bridgehead atoms. The Labute approximate surface area is 130 Å². The third-order valence-corrected chi connectivity index (χ3v) is 3.91. The van der Waals surface area contributed by atoms with Gasteiger partial charge in [-0.05, 0) is 42.3 Å². The zero-order valence-electron chi connectivity index (χ0n) is 11.9. The van der Waals surface area contributed by atoms with Crippen LogP contribution in [0.25, 0.3) is 0 Å². The van der Waals surface area contributed by atoms with E-state index in [1.54, 1.807) is 18.2 Å². The van der Waals surface area contributed by atoms with Crippen LogP contribution in [-0.4, -0.2) is 14.7 Å². The van der Waals surface area contributed by atoms with Crippen LogP contribution in [0.15, 0.2) is 42.5 Å². The van der Waals surface area contributed by atoms with Crippen molar-refractivity contribution in [3.8, 4) is 0 Å². The number of rotatable bonds is 5. The molecule has 0 spiro atoms. The summed E-state index contributed by atoms with van der Waals surface area (Å²) in [6.45, 7) is 2.57. The number of halogens is 1. The van der Waals surface area contributed by atoms with E-state index in [1.807, 2.05) is 31.2 Å². The molecular weight excluding hydrogens is 308 g/mol. The molecule has 112 valence electrons. The average Bonchev–Trinajstić information content (AvgIpc) is 2.39. The van der Waals surface area contributed by atoms with Gasteiger partial charge in [-0.1, -0.05) is 29.8 Å². The zero-order valence-corrected chi connectivity index (χ0v) is 13.4. The number of hydrogen-bond donors (Lipinski definition) is 2. The Morgan fingerprint density at radius 3 is 2.48 bits per heavy atom. The molecule has 0 amide bonds. The van der Waals surface area contributed by atoms with Gasteiger partial charge in [-0.2, -0.15) is 0 Å². The molecule has 2 N–H and O–H groups in total. The van der Waals surface area contributed by atoms with Crippen molar-refractivity contribution < 1.29 is 8.42 Å². The highest BCUT2D eigenvalue weighted by molar-refractivity contribution is 7.92. The first-order valence-corrected chi connectivity index (χ1v) is 8.67. The van der Waals surface area contributed by atoms with Gasteiger partial charge in [0.1, 0.15) is 0 Å². The van der Waals surface area contributed by atoms with E-state index in [9.17, 15) is 8.42 Å². The van der Waals surface area contributed by atoms with Crippen LogP contribution in [0.2, 0.25) is 5.02 Å². The fourth-order valence-corrected chi connectivity index (χ4v) is 2.62. The number of benzene rings is 2. The maximum absolute atomic E-state index is 11.2. The van der Waals surface area contributed by atoms with Crippen LogP contribution >= 0.6 is 11.6 Å². The van der Waals surface area contributed by atoms with E-state index in [-0.39, 0.29) is 0 Å². The van der Waals surface area contributed by atoms with E-state index in [2.05, 4.69) is 10.0 Å². The summed E-state index contributed by atoms with van der Waals surface area (Å²) in [5, 5.41) is 3.98. The molecule has 0 fully saturated rings. The number of hydrogen-bond acceptors (Lipinski definition) is 3. The van der Waals surface area contributed by atoms with Crippen LogP contribution in [0.5, 0.6) is 0 Å². The van der Waals surface area contributed by atoms with Crippen molar-refractivity contribution in [3.63, 3.8) is 0 Å². The van der Waals surface area contributed by atoms with Gasteiger partial charge >= 0.3 is 0 Å². The molecule has 0 heterocycles. The smallest absolute Gasteiger partial charge is 0.229 e. The molecule has 0 aromatic heterocycles. The third-order valence-electron chi connectivity index (χ3n) is 2.90. The zero-order chi connectivity index (χ0) is 15.5. The summed E-state index contributed by atoms with van der Waals surface area (Å²) >= 11 is 6.09. The number of sulfonamides is 1. The van der Waals surface area contributed by atoms with E-state index in [0.29, 0.717) is 12.2 Å². The molecule has 0 aliphatic heterocycles. The second-order valence-corrected chi connectivity index (χ2v) is 7.05. The van der Waals surface area contributed by atoms with Crippen LogP contribution < -0.4 is 10.0 Å². The molecule has 4 nitrogen and oxygen atoms in total. The van der Waals surface area contributed by atoms with Crippen molar-refractivity contribution in [2.75, 3.05) is 16.3 Å². The van der Waals surface area contributed by atoms with Gasteiger partial charge in [0.15, 0.2) is 0 Å². The summed E-state index contributed by atoms with van der Waals surface area (Å²) in [7, 11) is -3.27. The van der Waals surface area contributed by atoms with Gasteiger partial charge < -0.3 is 5.32 Å². The van der Waals surface area contributed by atoms with Gasteiger partial charge in [-0.25, -0.2) is 8.42 Å². The quantitative estimate of drug-likeness (QED) is 0.883. The topological polar surface area (TPSA) is 58.2 Å². The fraction of sp³-hybridized carbons (Fsp3) is 0.200. The lowest BCUT2D eigenvalue weighted by molar-refractivity contribution is 0.607. The molecule has 0 atom stereocenters. The van der Waals surface area contributed by atoms with Crippen LogP contribution in [0.1, 0.15) is 11.1 Å². The minimum atomic E-state index is -3.27. The minimum absolute atomic E-state index is 0.532. The van der Waals surface area contributed by atoms with Crippen molar-refractivity contribution in [1.82, 2.24) is 0 Å². The monoisotopic (exact) mass is 324 g/mol. The van der Waals surface area contributed by atoms with Crippen molar-refractivity contribution >= 4 is 33.0 Å². The molecule has 2 aromatic rings. The molecular formula is C15H17ClN2O2S. The summed E-state index contributed by atoms with van der Waals surface area (Å²) < 4.78 is 24.9. The Morgan fingerprint density at radius 2 is 1.81 bits per heavy atom. The highest BCUT2D eigenvalue weighted by Crippen LogP contribution is 2.19. The van der Waals surface area contributed by atoms with E-state index < -0.39 is 10.0 Å². The first-order valence-electron chi connectivity index (χ1n) is 6.40. The van der Waals surface area contributed by atoms with Crippen molar-refractivity contribution in [1.29, 1.82) is 0 Å². The molecule has 21 heavy (non-hydrogen) atoms. The Balaban J connectivity index is 2.06. The van der Waals surface area contributed by atoms with Gasteiger partial charge in [0.05, 0.1) is 11.9 Å². The average molecular weight is 325 g/mol. The van der Waals surface area contributed by atoms with Crippen molar-refractivity contribution in [2.45, 2.75) is 13.5 Å². The third kappa shape index (κ3) is 4.95. The second-order valence-electron chi connectivity index (χ2n) is 4.89. The second kappa shape index (κ2) is 6.37. The first-order chi connectivity index (χ1) is 9.83. The van der Waals surface area contributed by atoms with Crippen molar-refractivity contribution in [2.24, 2.45) is 0 Å².